The molecule has 0 aromatic carbocycles. The SMILES string of the molecule is Cc1[nH]ncc1CN1C(=O)CC2(CCCC2)CC1=O. The molecule has 5 nitrogen and oxygen atoms in total. The van der Waals surface area contributed by atoms with Gasteiger partial charge in [-0.25, -0.2) is 0 Å². The van der Waals surface area contributed by atoms with Crippen LogP contribution in [0.3, 0.4) is 0 Å². The minimum absolute atomic E-state index is 0.0150. The first-order valence-electron chi connectivity index (χ1n) is 6.92. The minimum atomic E-state index is -0.0178. The number of H-pyrrole nitrogens is 1. The van der Waals surface area contributed by atoms with E-state index in [1.165, 1.54) is 4.90 Å². The number of aryl methyl sites for hydroxylation is 1. The largest absolute Gasteiger partial charge is 0.283 e. The molecule has 1 aliphatic carbocycles. The number of rotatable bonds is 2. The van der Waals surface area contributed by atoms with Gasteiger partial charge in [0.25, 0.3) is 0 Å². The first-order chi connectivity index (χ1) is 9.10. The molecule has 0 bridgehead atoms. The lowest BCUT2D eigenvalue weighted by molar-refractivity contribution is -0.154. The number of aromatic amines is 1. The maximum atomic E-state index is 12.3. The molecule has 1 aromatic heterocycles. The van der Waals surface area contributed by atoms with E-state index in [9.17, 15) is 9.59 Å². The summed E-state index contributed by atoms with van der Waals surface area (Å²) in [5, 5.41) is 6.77. The second-order valence-corrected chi connectivity index (χ2v) is 5.95. The molecule has 0 unspecified atom stereocenters. The van der Waals surface area contributed by atoms with Crippen LogP contribution >= 0.6 is 0 Å². The highest BCUT2D eigenvalue weighted by Crippen LogP contribution is 2.47. The van der Waals surface area contributed by atoms with E-state index in [1.807, 2.05) is 6.92 Å². The van der Waals surface area contributed by atoms with E-state index >= 15 is 0 Å². The van der Waals surface area contributed by atoms with Gasteiger partial charge in [-0.3, -0.25) is 19.6 Å². The van der Waals surface area contributed by atoms with Crippen molar-refractivity contribution >= 4 is 11.8 Å². The lowest BCUT2D eigenvalue weighted by Gasteiger charge is -2.37. The molecule has 1 N–H and O–H groups in total. The van der Waals surface area contributed by atoms with Gasteiger partial charge in [0.05, 0.1) is 12.7 Å². The van der Waals surface area contributed by atoms with Crippen LogP contribution in [0.25, 0.3) is 0 Å². The standard InChI is InChI=1S/C14H19N3O2/c1-10-11(8-15-16-10)9-17-12(18)6-14(7-13(17)19)4-2-3-5-14/h8H,2-7,9H2,1H3,(H,15,16). The summed E-state index contributed by atoms with van der Waals surface area (Å²) in [6.07, 6.45) is 7.13. The highest BCUT2D eigenvalue weighted by atomic mass is 16.2. The van der Waals surface area contributed by atoms with Crippen molar-refractivity contribution in [1.82, 2.24) is 15.1 Å². The summed E-state index contributed by atoms with van der Waals surface area (Å²) in [4.78, 5) is 26.0. The fourth-order valence-corrected chi connectivity index (χ4v) is 3.39. The predicted octanol–water partition coefficient (Wildman–Crippen LogP) is 1.93. The minimum Gasteiger partial charge on any atom is -0.283 e. The molecule has 0 radical (unpaired) electrons. The number of hydrogen-bond acceptors (Lipinski definition) is 3. The monoisotopic (exact) mass is 261 g/mol. The third-order valence-electron chi connectivity index (χ3n) is 4.58. The summed E-state index contributed by atoms with van der Waals surface area (Å²) < 4.78 is 0. The molecule has 102 valence electrons. The molecule has 1 saturated carbocycles. The molecule has 2 amide bonds. The molecule has 1 spiro atoms. The molecule has 1 aromatic rings. The van der Waals surface area contributed by atoms with Gasteiger partial charge in [-0.1, -0.05) is 12.8 Å². The third-order valence-corrected chi connectivity index (χ3v) is 4.58. The number of nitrogens with zero attached hydrogens (tertiary/aromatic N) is 2. The molecule has 2 fully saturated rings. The fourth-order valence-electron chi connectivity index (χ4n) is 3.39. The summed E-state index contributed by atoms with van der Waals surface area (Å²) >= 11 is 0. The maximum Gasteiger partial charge on any atom is 0.230 e. The number of amides is 2. The third kappa shape index (κ3) is 2.17. The molecular weight excluding hydrogens is 242 g/mol. The maximum absolute atomic E-state index is 12.3. The van der Waals surface area contributed by atoms with Gasteiger partial charge in [-0.2, -0.15) is 5.10 Å². The van der Waals surface area contributed by atoms with E-state index in [0.29, 0.717) is 19.4 Å². The van der Waals surface area contributed by atoms with E-state index in [1.54, 1.807) is 6.20 Å². The Morgan fingerprint density at radius 2 is 1.89 bits per heavy atom. The second kappa shape index (κ2) is 4.47. The van der Waals surface area contributed by atoms with Crippen LogP contribution in [0.2, 0.25) is 0 Å². The Bertz CT molecular complexity index is 495. The van der Waals surface area contributed by atoms with Gasteiger partial charge in [-0.05, 0) is 25.2 Å². The average Bonchev–Trinajstić information content (AvgIpc) is 2.94. The number of imide groups is 1. The molecule has 2 aliphatic rings. The number of aromatic nitrogens is 2. The van der Waals surface area contributed by atoms with Crippen LogP contribution < -0.4 is 0 Å². The second-order valence-electron chi connectivity index (χ2n) is 5.95. The summed E-state index contributed by atoms with van der Waals surface area (Å²) in [5.74, 6) is -0.0301. The van der Waals surface area contributed by atoms with E-state index in [2.05, 4.69) is 10.2 Å². The average molecular weight is 261 g/mol. The van der Waals surface area contributed by atoms with Gasteiger partial charge in [-0.15, -0.1) is 0 Å². The quantitative estimate of drug-likeness (QED) is 0.827. The molecule has 3 rings (SSSR count). The highest BCUT2D eigenvalue weighted by molar-refractivity contribution is 5.98. The molecular formula is C14H19N3O2. The Kier molecular flexibility index (Phi) is 2.92. The van der Waals surface area contributed by atoms with Crippen LogP contribution in [0.15, 0.2) is 6.20 Å². The number of carbonyl (C=O) groups excluding carboxylic acids is 2. The van der Waals surface area contributed by atoms with E-state index in [-0.39, 0.29) is 17.2 Å². The summed E-state index contributed by atoms with van der Waals surface area (Å²) in [7, 11) is 0. The Labute approximate surface area is 112 Å². The van der Waals surface area contributed by atoms with Crippen molar-refractivity contribution in [3.05, 3.63) is 17.5 Å². The zero-order chi connectivity index (χ0) is 13.5. The number of carbonyl (C=O) groups is 2. The molecule has 19 heavy (non-hydrogen) atoms. The van der Waals surface area contributed by atoms with E-state index < -0.39 is 0 Å². The highest BCUT2D eigenvalue weighted by Gasteiger charge is 2.45. The van der Waals surface area contributed by atoms with Crippen LogP contribution in [0, 0.1) is 12.3 Å². The van der Waals surface area contributed by atoms with Crippen molar-refractivity contribution in [2.24, 2.45) is 5.41 Å². The predicted molar refractivity (Wildman–Crippen MR) is 69.0 cm³/mol. The first kappa shape index (κ1) is 12.4. The van der Waals surface area contributed by atoms with Crippen molar-refractivity contribution in [2.45, 2.75) is 52.0 Å². The molecule has 5 heteroatoms. The lowest BCUT2D eigenvalue weighted by atomic mass is 9.76. The number of piperidine rings is 1. The zero-order valence-electron chi connectivity index (χ0n) is 11.2. The lowest BCUT2D eigenvalue weighted by Crippen LogP contribution is -2.46. The smallest absolute Gasteiger partial charge is 0.230 e. The van der Waals surface area contributed by atoms with Crippen LogP contribution in [0.4, 0.5) is 0 Å². The van der Waals surface area contributed by atoms with Gasteiger partial charge < -0.3 is 0 Å². The van der Waals surface area contributed by atoms with Gasteiger partial charge in [0, 0.05) is 24.1 Å². The summed E-state index contributed by atoms with van der Waals surface area (Å²) in [6, 6.07) is 0. The van der Waals surface area contributed by atoms with Gasteiger partial charge >= 0.3 is 0 Å². The molecule has 1 saturated heterocycles. The van der Waals surface area contributed by atoms with Crippen molar-refractivity contribution in [1.29, 1.82) is 0 Å². The van der Waals surface area contributed by atoms with E-state index in [0.717, 1.165) is 36.9 Å². The Morgan fingerprint density at radius 3 is 2.42 bits per heavy atom. The first-order valence-corrected chi connectivity index (χ1v) is 6.92. The Balaban J connectivity index is 1.76. The number of hydrogen-bond donors (Lipinski definition) is 1. The summed E-state index contributed by atoms with van der Waals surface area (Å²) in [6.45, 7) is 2.26. The molecule has 1 aliphatic heterocycles. The van der Waals surface area contributed by atoms with Crippen molar-refractivity contribution in [3.63, 3.8) is 0 Å². The van der Waals surface area contributed by atoms with Crippen LogP contribution in [-0.4, -0.2) is 26.9 Å². The van der Waals surface area contributed by atoms with Crippen molar-refractivity contribution in [3.8, 4) is 0 Å². The zero-order valence-corrected chi connectivity index (χ0v) is 11.2. The normalized spacial score (nSPS) is 22.5. The fraction of sp³-hybridized carbons (Fsp3) is 0.643. The summed E-state index contributed by atoms with van der Waals surface area (Å²) in [5.41, 5.74) is 1.82. The topological polar surface area (TPSA) is 66.1 Å². The molecule has 2 heterocycles. The van der Waals surface area contributed by atoms with Crippen LogP contribution in [0.5, 0.6) is 0 Å². The van der Waals surface area contributed by atoms with Crippen molar-refractivity contribution in [2.75, 3.05) is 0 Å². The van der Waals surface area contributed by atoms with Crippen LogP contribution in [-0.2, 0) is 16.1 Å². The van der Waals surface area contributed by atoms with Gasteiger partial charge in [0.15, 0.2) is 0 Å². The van der Waals surface area contributed by atoms with Crippen molar-refractivity contribution < 1.29 is 9.59 Å². The van der Waals surface area contributed by atoms with E-state index in [4.69, 9.17) is 0 Å². The Hall–Kier alpha value is -1.65. The van der Waals surface area contributed by atoms with Gasteiger partial charge in [0.1, 0.15) is 0 Å². The number of nitrogens with one attached hydrogen (secondary N) is 1. The molecule has 0 atom stereocenters. The number of likely N-dealkylation sites (tertiary alicyclic amines) is 1. The Morgan fingerprint density at radius 1 is 1.26 bits per heavy atom. The van der Waals surface area contributed by atoms with Crippen LogP contribution in [0.1, 0.15) is 49.8 Å². The van der Waals surface area contributed by atoms with Gasteiger partial charge in [0.2, 0.25) is 11.8 Å².